The van der Waals surface area contributed by atoms with E-state index in [1.807, 2.05) is 24.0 Å². The van der Waals surface area contributed by atoms with E-state index in [0.717, 1.165) is 35.4 Å². The first kappa shape index (κ1) is 17.2. The SMILES string of the molecule is CCCc1cc(C(=O)N(CC)CCc2nc3ccc(C)cc3[nH]2)n[nH]1. The highest BCUT2D eigenvalue weighted by Crippen LogP contribution is 2.14. The minimum absolute atomic E-state index is 0.0342. The maximum Gasteiger partial charge on any atom is 0.274 e. The van der Waals surface area contributed by atoms with Gasteiger partial charge in [-0.2, -0.15) is 5.10 Å². The van der Waals surface area contributed by atoms with Crippen molar-refractivity contribution in [3.8, 4) is 0 Å². The summed E-state index contributed by atoms with van der Waals surface area (Å²) in [6.07, 6.45) is 2.63. The number of carbonyl (C=O) groups excluding carboxylic acids is 1. The van der Waals surface area contributed by atoms with E-state index in [1.54, 1.807) is 0 Å². The number of aryl methyl sites for hydroxylation is 2. The molecule has 0 aliphatic rings. The van der Waals surface area contributed by atoms with E-state index in [4.69, 9.17) is 0 Å². The van der Waals surface area contributed by atoms with Crippen LogP contribution in [0.3, 0.4) is 0 Å². The molecule has 2 aromatic heterocycles. The molecule has 0 bridgehead atoms. The number of nitrogens with one attached hydrogen (secondary N) is 2. The van der Waals surface area contributed by atoms with Crippen LogP contribution in [-0.4, -0.2) is 44.1 Å². The summed E-state index contributed by atoms with van der Waals surface area (Å²) < 4.78 is 0. The normalized spacial score (nSPS) is 11.2. The quantitative estimate of drug-likeness (QED) is 0.693. The first-order valence-electron chi connectivity index (χ1n) is 8.89. The first-order valence-corrected chi connectivity index (χ1v) is 8.89. The number of imidazole rings is 1. The van der Waals surface area contributed by atoms with Crippen molar-refractivity contribution in [3.05, 3.63) is 47.0 Å². The summed E-state index contributed by atoms with van der Waals surface area (Å²) in [7, 11) is 0. The van der Waals surface area contributed by atoms with E-state index in [2.05, 4.69) is 46.1 Å². The Bertz CT molecular complexity index is 864. The van der Waals surface area contributed by atoms with Gasteiger partial charge in [0.25, 0.3) is 5.91 Å². The monoisotopic (exact) mass is 339 g/mol. The molecule has 0 aliphatic carbocycles. The zero-order chi connectivity index (χ0) is 17.8. The number of hydrogen-bond acceptors (Lipinski definition) is 3. The summed E-state index contributed by atoms with van der Waals surface area (Å²) in [5, 5.41) is 7.11. The second-order valence-electron chi connectivity index (χ2n) is 6.37. The molecule has 0 saturated carbocycles. The number of benzene rings is 1. The fourth-order valence-corrected chi connectivity index (χ4v) is 2.97. The molecule has 25 heavy (non-hydrogen) atoms. The molecule has 2 heterocycles. The summed E-state index contributed by atoms with van der Waals surface area (Å²) in [4.78, 5) is 22.4. The van der Waals surface area contributed by atoms with E-state index in [-0.39, 0.29) is 5.91 Å². The van der Waals surface area contributed by atoms with Crippen molar-refractivity contribution in [2.45, 2.75) is 40.0 Å². The highest BCUT2D eigenvalue weighted by Gasteiger charge is 2.17. The molecule has 0 saturated heterocycles. The molecule has 1 aromatic carbocycles. The number of hydrogen-bond donors (Lipinski definition) is 2. The maximum absolute atomic E-state index is 12.6. The van der Waals surface area contributed by atoms with Crippen LogP contribution in [0.4, 0.5) is 0 Å². The van der Waals surface area contributed by atoms with Crippen LogP contribution in [0.25, 0.3) is 11.0 Å². The zero-order valence-electron chi connectivity index (χ0n) is 15.1. The molecule has 0 spiro atoms. The Morgan fingerprint density at radius 3 is 2.80 bits per heavy atom. The summed E-state index contributed by atoms with van der Waals surface area (Å²) >= 11 is 0. The molecule has 2 N–H and O–H groups in total. The van der Waals surface area contributed by atoms with Gasteiger partial charge >= 0.3 is 0 Å². The third-order valence-corrected chi connectivity index (χ3v) is 4.34. The van der Waals surface area contributed by atoms with Crippen LogP contribution in [0.2, 0.25) is 0 Å². The topological polar surface area (TPSA) is 77.7 Å². The van der Waals surface area contributed by atoms with Gasteiger partial charge in [-0.25, -0.2) is 4.98 Å². The Morgan fingerprint density at radius 1 is 1.20 bits per heavy atom. The number of rotatable bonds is 7. The zero-order valence-corrected chi connectivity index (χ0v) is 15.1. The van der Waals surface area contributed by atoms with Gasteiger partial charge in [0.1, 0.15) is 11.5 Å². The van der Waals surface area contributed by atoms with E-state index >= 15 is 0 Å². The molecule has 3 rings (SSSR count). The van der Waals surface area contributed by atoms with Crippen LogP contribution in [0.1, 0.15) is 47.8 Å². The van der Waals surface area contributed by atoms with E-state index in [9.17, 15) is 4.79 Å². The van der Waals surface area contributed by atoms with Gasteiger partial charge in [0.05, 0.1) is 11.0 Å². The maximum atomic E-state index is 12.6. The standard InChI is InChI=1S/C19H25N5O/c1-4-6-14-12-17(23-22-14)19(25)24(5-2)10-9-18-20-15-8-7-13(3)11-16(15)21-18/h7-8,11-12H,4-6,9-10H2,1-3H3,(H,20,21)(H,22,23). The average Bonchev–Trinajstić information content (AvgIpc) is 3.21. The Hall–Kier alpha value is -2.63. The second-order valence-corrected chi connectivity index (χ2v) is 6.37. The van der Waals surface area contributed by atoms with Crippen molar-refractivity contribution in [2.75, 3.05) is 13.1 Å². The average molecular weight is 339 g/mol. The van der Waals surface area contributed by atoms with Crippen LogP contribution in [0, 0.1) is 6.92 Å². The van der Waals surface area contributed by atoms with Crippen molar-refractivity contribution in [1.82, 2.24) is 25.1 Å². The van der Waals surface area contributed by atoms with Gasteiger partial charge in [-0.15, -0.1) is 0 Å². The minimum atomic E-state index is -0.0342. The number of likely N-dealkylation sites (N-methyl/N-ethyl adjacent to an activating group) is 1. The fourth-order valence-electron chi connectivity index (χ4n) is 2.97. The Labute approximate surface area is 147 Å². The van der Waals surface area contributed by atoms with Gasteiger partial charge < -0.3 is 9.88 Å². The number of carbonyl (C=O) groups is 1. The molecule has 132 valence electrons. The molecule has 1 amide bonds. The smallest absolute Gasteiger partial charge is 0.274 e. The van der Waals surface area contributed by atoms with E-state index in [1.165, 1.54) is 5.56 Å². The Morgan fingerprint density at radius 2 is 2.04 bits per heavy atom. The number of aromatic nitrogens is 4. The molecule has 6 nitrogen and oxygen atoms in total. The predicted molar refractivity (Wildman–Crippen MR) is 98.7 cm³/mol. The number of amides is 1. The van der Waals surface area contributed by atoms with Gasteiger partial charge in [-0.3, -0.25) is 9.89 Å². The number of H-pyrrole nitrogens is 2. The summed E-state index contributed by atoms with van der Waals surface area (Å²) in [5.41, 5.74) is 4.71. The molecule has 6 heteroatoms. The molecule has 0 atom stereocenters. The van der Waals surface area contributed by atoms with Gasteiger partial charge in [-0.05, 0) is 44.0 Å². The third kappa shape index (κ3) is 3.90. The molecular formula is C19H25N5O. The highest BCUT2D eigenvalue weighted by atomic mass is 16.2. The van der Waals surface area contributed by atoms with Crippen LogP contribution in [0.15, 0.2) is 24.3 Å². The van der Waals surface area contributed by atoms with Gasteiger partial charge in [0.2, 0.25) is 0 Å². The van der Waals surface area contributed by atoms with Crippen LogP contribution >= 0.6 is 0 Å². The van der Waals surface area contributed by atoms with Crippen molar-refractivity contribution in [1.29, 1.82) is 0 Å². The lowest BCUT2D eigenvalue weighted by Crippen LogP contribution is -2.33. The van der Waals surface area contributed by atoms with Gasteiger partial charge in [0.15, 0.2) is 0 Å². The summed E-state index contributed by atoms with van der Waals surface area (Å²) in [6.45, 7) is 7.42. The van der Waals surface area contributed by atoms with Crippen molar-refractivity contribution in [2.24, 2.45) is 0 Å². The number of aromatic amines is 2. The largest absolute Gasteiger partial charge is 0.342 e. The summed E-state index contributed by atoms with van der Waals surface area (Å²) in [5.74, 6) is 0.869. The minimum Gasteiger partial charge on any atom is -0.342 e. The summed E-state index contributed by atoms with van der Waals surface area (Å²) in [6, 6.07) is 8.03. The molecule has 0 aliphatic heterocycles. The van der Waals surface area contributed by atoms with Crippen LogP contribution in [-0.2, 0) is 12.8 Å². The third-order valence-electron chi connectivity index (χ3n) is 4.34. The predicted octanol–water partition coefficient (Wildman–Crippen LogP) is 3.25. The molecule has 0 fully saturated rings. The lowest BCUT2D eigenvalue weighted by molar-refractivity contribution is 0.0759. The van der Waals surface area contributed by atoms with Crippen LogP contribution < -0.4 is 0 Å². The van der Waals surface area contributed by atoms with Crippen molar-refractivity contribution in [3.63, 3.8) is 0 Å². The molecule has 3 aromatic rings. The van der Waals surface area contributed by atoms with E-state index < -0.39 is 0 Å². The number of nitrogens with zero attached hydrogens (tertiary/aromatic N) is 3. The van der Waals surface area contributed by atoms with Gasteiger partial charge in [-0.1, -0.05) is 19.4 Å². The first-order chi connectivity index (χ1) is 12.1. The lowest BCUT2D eigenvalue weighted by atomic mass is 10.2. The fraction of sp³-hybridized carbons (Fsp3) is 0.421. The lowest BCUT2D eigenvalue weighted by Gasteiger charge is -2.19. The van der Waals surface area contributed by atoms with Crippen LogP contribution in [0.5, 0.6) is 0 Å². The highest BCUT2D eigenvalue weighted by molar-refractivity contribution is 5.92. The molecular weight excluding hydrogens is 314 g/mol. The molecule has 0 unspecified atom stereocenters. The Balaban J connectivity index is 1.67. The molecule has 0 radical (unpaired) electrons. The second kappa shape index (κ2) is 7.51. The van der Waals surface area contributed by atoms with E-state index in [0.29, 0.717) is 25.2 Å². The Kier molecular flexibility index (Phi) is 5.16. The van der Waals surface area contributed by atoms with Crippen molar-refractivity contribution >= 4 is 16.9 Å². The van der Waals surface area contributed by atoms with Gasteiger partial charge in [0, 0.05) is 25.2 Å². The van der Waals surface area contributed by atoms with Crippen molar-refractivity contribution < 1.29 is 4.79 Å². The number of fused-ring (bicyclic) bond motifs is 1.